The van der Waals surface area contributed by atoms with Crippen molar-refractivity contribution >= 4 is 16.9 Å². The molecule has 0 saturated heterocycles. The van der Waals surface area contributed by atoms with Crippen LogP contribution in [0, 0.1) is 0 Å². The second kappa shape index (κ2) is 8.06. The molecule has 0 aliphatic heterocycles. The van der Waals surface area contributed by atoms with Crippen LogP contribution in [0.15, 0.2) is 71.3 Å². The van der Waals surface area contributed by atoms with Crippen molar-refractivity contribution in [2.45, 2.75) is 6.42 Å². The molecule has 0 saturated carbocycles. The number of aromatic nitrogens is 1. The van der Waals surface area contributed by atoms with Gasteiger partial charge in [0, 0.05) is 17.9 Å². The number of fused-ring (bicyclic) bond motifs is 1. The van der Waals surface area contributed by atoms with Crippen molar-refractivity contribution in [2.75, 3.05) is 14.2 Å². The van der Waals surface area contributed by atoms with E-state index >= 15 is 0 Å². The van der Waals surface area contributed by atoms with E-state index in [-0.39, 0.29) is 5.56 Å². The Balaban J connectivity index is 1.59. The Morgan fingerprint density at radius 1 is 0.931 bits per heavy atom. The summed E-state index contributed by atoms with van der Waals surface area (Å²) in [4.78, 5) is 12.7. The maximum absolute atomic E-state index is 12.7. The van der Waals surface area contributed by atoms with E-state index in [0.717, 1.165) is 16.6 Å². The van der Waals surface area contributed by atoms with Gasteiger partial charge in [-0.3, -0.25) is 0 Å². The average molecular weight is 389 g/mol. The summed E-state index contributed by atoms with van der Waals surface area (Å²) in [5, 5.41) is 5.05. The van der Waals surface area contributed by atoms with Gasteiger partial charge in [0.1, 0.15) is 22.8 Å². The second-order valence-electron chi connectivity index (χ2n) is 6.38. The molecule has 0 unspecified atom stereocenters. The van der Waals surface area contributed by atoms with Gasteiger partial charge in [0.05, 0.1) is 19.9 Å². The fourth-order valence-corrected chi connectivity index (χ4v) is 3.16. The number of hydrogen-bond acceptors (Lipinski definition) is 6. The molecule has 1 aromatic heterocycles. The molecule has 6 heteroatoms. The van der Waals surface area contributed by atoms with Crippen molar-refractivity contribution in [1.29, 1.82) is 0 Å². The van der Waals surface area contributed by atoms with E-state index in [9.17, 15) is 4.79 Å². The number of esters is 1. The molecular weight excluding hydrogens is 370 g/mol. The molecule has 6 nitrogen and oxygen atoms in total. The molecule has 0 aliphatic carbocycles. The lowest BCUT2D eigenvalue weighted by Gasteiger charge is -2.12. The van der Waals surface area contributed by atoms with Crippen LogP contribution in [-0.2, 0) is 6.42 Å². The van der Waals surface area contributed by atoms with Crippen molar-refractivity contribution in [2.24, 2.45) is 0 Å². The number of carbonyl (C=O) groups is 1. The molecule has 0 fully saturated rings. The summed E-state index contributed by atoms with van der Waals surface area (Å²) in [5.74, 6) is 0.515. The first-order valence-electron chi connectivity index (χ1n) is 9.05. The highest BCUT2D eigenvalue weighted by Gasteiger charge is 2.21. The molecular formula is C23H19NO5. The Morgan fingerprint density at radius 2 is 1.66 bits per heavy atom. The average Bonchev–Trinajstić information content (AvgIpc) is 3.15. The Labute approximate surface area is 167 Å². The van der Waals surface area contributed by atoms with E-state index in [1.54, 1.807) is 30.3 Å². The van der Waals surface area contributed by atoms with E-state index in [0.29, 0.717) is 29.3 Å². The van der Waals surface area contributed by atoms with E-state index in [1.807, 2.05) is 36.4 Å². The molecule has 0 bridgehead atoms. The molecule has 29 heavy (non-hydrogen) atoms. The maximum atomic E-state index is 12.7. The fourth-order valence-electron chi connectivity index (χ4n) is 3.16. The molecule has 4 rings (SSSR count). The van der Waals surface area contributed by atoms with Gasteiger partial charge in [-0.1, -0.05) is 41.6 Å². The molecule has 4 aromatic rings. The van der Waals surface area contributed by atoms with Gasteiger partial charge in [-0.25, -0.2) is 4.79 Å². The molecule has 0 radical (unpaired) electrons. The van der Waals surface area contributed by atoms with Crippen LogP contribution in [0.25, 0.3) is 11.0 Å². The second-order valence-corrected chi connectivity index (χ2v) is 6.38. The Kier molecular flexibility index (Phi) is 5.16. The minimum atomic E-state index is -0.581. The molecule has 3 aromatic carbocycles. The van der Waals surface area contributed by atoms with Crippen LogP contribution in [0.5, 0.6) is 17.2 Å². The molecule has 0 amide bonds. The number of rotatable bonds is 6. The van der Waals surface area contributed by atoms with E-state index in [2.05, 4.69) is 5.16 Å². The third-order valence-electron chi connectivity index (χ3n) is 4.58. The highest BCUT2D eigenvalue weighted by atomic mass is 16.5. The van der Waals surface area contributed by atoms with E-state index in [1.165, 1.54) is 14.2 Å². The summed E-state index contributed by atoms with van der Waals surface area (Å²) in [7, 11) is 2.97. The first-order chi connectivity index (χ1) is 14.2. The van der Waals surface area contributed by atoms with Gasteiger partial charge in [0.25, 0.3) is 0 Å². The zero-order chi connectivity index (χ0) is 20.2. The zero-order valence-electron chi connectivity index (χ0n) is 16.0. The lowest BCUT2D eigenvalue weighted by atomic mass is 10.1. The molecule has 0 N–H and O–H groups in total. The van der Waals surface area contributed by atoms with Gasteiger partial charge < -0.3 is 18.7 Å². The Hall–Kier alpha value is -3.80. The fraction of sp³-hybridized carbons (Fsp3) is 0.130. The Bertz CT molecular complexity index is 1130. The summed E-state index contributed by atoms with van der Waals surface area (Å²) >= 11 is 0. The monoisotopic (exact) mass is 389 g/mol. The minimum Gasteiger partial charge on any atom is -0.496 e. The molecule has 1 heterocycles. The van der Waals surface area contributed by atoms with E-state index < -0.39 is 5.97 Å². The lowest BCUT2D eigenvalue weighted by molar-refractivity contribution is 0.0727. The summed E-state index contributed by atoms with van der Waals surface area (Å²) in [5.41, 5.74) is 2.74. The SMILES string of the molecule is COc1cccc(OC)c1C(=O)Oc1ccc2c(Cc3ccccc3)noc2c1. The lowest BCUT2D eigenvalue weighted by Crippen LogP contribution is -2.11. The maximum Gasteiger partial charge on any atom is 0.351 e. The molecule has 146 valence electrons. The van der Waals surface area contributed by atoms with Gasteiger partial charge in [-0.2, -0.15) is 0 Å². The number of ether oxygens (including phenoxy) is 3. The van der Waals surface area contributed by atoms with Gasteiger partial charge in [0.15, 0.2) is 5.58 Å². The topological polar surface area (TPSA) is 70.8 Å². The largest absolute Gasteiger partial charge is 0.496 e. The first kappa shape index (κ1) is 18.6. The normalized spacial score (nSPS) is 10.7. The van der Waals surface area contributed by atoms with Crippen LogP contribution in [-0.4, -0.2) is 25.3 Å². The zero-order valence-corrected chi connectivity index (χ0v) is 16.0. The highest BCUT2D eigenvalue weighted by molar-refractivity contribution is 5.97. The van der Waals surface area contributed by atoms with Gasteiger partial charge in [-0.05, 0) is 29.8 Å². The standard InChI is InChI=1S/C23H19NO5/c1-26-19-9-6-10-20(27-2)22(19)23(25)28-16-11-12-17-18(24-29-21(17)14-16)13-15-7-4-3-5-8-15/h3-12,14H,13H2,1-2H3. The summed E-state index contributed by atoms with van der Waals surface area (Å²) in [6.45, 7) is 0. The van der Waals surface area contributed by atoms with Gasteiger partial charge in [-0.15, -0.1) is 0 Å². The van der Waals surface area contributed by atoms with Crippen LogP contribution >= 0.6 is 0 Å². The van der Waals surface area contributed by atoms with Crippen LogP contribution in [0.3, 0.4) is 0 Å². The third-order valence-corrected chi connectivity index (χ3v) is 4.58. The number of carbonyl (C=O) groups excluding carboxylic acids is 1. The first-order valence-corrected chi connectivity index (χ1v) is 9.05. The molecule has 0 aliphatic rings. The minimum absolute atomic E-state index is 0.222. The van der Waals surface area contributed by atoms with Crippen LogP contribution in [0.1, 0.15) is 21.6 Å². The number of nitrogens with zero attached hydrogens (tertiary/aromatic N) is 1. The summed E-state index contributed by atoms with van der Waals surface area (Å²) in [6, 6.07) is 20.3. The van der Waals surface area contributed by atoms with Crippen molar-refractivity contribution in [1.82, 2.24) is 5.16 Å². The predicted molar refractivity (Wildman–Crippen MR) is 108 cm³/mol. The smallest absolute Gasteiger partial charge is 0.351 e. The van der Waals surface area contributed by atoms with Crippen LogP contribution in [0.2, 0.25) is 0 Å². The number of hydrogen-bond donors (Lipinski definition) is 0. The molecule has 0 spiro atoms. The predicted octanol–water partition coefficient (Wildman–Crippen LogP) is 4.66. The third kappa shape index (κ3) is 3.78. The van der Waals surface area contributed by atoms with Gasteiger partial charge in [0.2, 0.25) is 0 Å². The van der Waals surface area contributed by atoms with Crippen LogP contribution in [0.4, 0.5) is 0 Å². The summed E-state index contributed by atoms with van der Waals surface area (Å²) < 4.78 is 21.5. The van der Waals surface area contributed by atoms with E-state index in [4.69, 9.17) is 18.7 Å². The quantitative estimate of drug-likeness (QED) is 0.353. The van der Waals surface area contributed by atoms with Gasteiger partial charge >= 0.3 is 5.97 Å². The van der Waals surface area contributed by atoms with Crippen LogP contribution < -0.4 is 14.2 Å². The number of benzene rings is 3. The van der Waals surface area contributed by atoms with Crippen molar-refractivity contribution in [3.63, 3.8) is 0 Å². The highest BCUT2D eigenvalue weighted by Crippen LogP contribution is 2.31. The summed E-state index contributed by atoms with van der Waals surface area (Å²) in [6.07, 6.45) is 0.658. The Morgan fingerprint density at radius 3 is 2.34 bits per heavy atom. The number of methoxy groups -OCH3 is 2. The van der Waals surface area contributed by atoms with Crippen molar-refractivity contribution < 1.29 is 23.5 Å². The van der Waals surface area contributed by atoms with Crippen molar-refractivity contribution in [3.05, 3.63) is 83.6 Å². The molecule has 0 atom stereocenters. The van der Waals surface area contributed by atoms with Crippen molar-refractivity contribution in [3.8, 4) is 17.2 Å².